The summed E-state index contributed by atoms with van der Waals surface area (Å²) in [5.74, 6) is 0.489. The highest BCUT2D eigenvalue weighted by Crippen LogP contribution is 2.12. The molecule has 0 aliphatic heterocycles. The molecule has 0 heterocycles. The number of nitrogens with zero attached hydrogens (tertiary/aromatic N) is 2. The third kappa shape index (κ3) is 6.59. The van der Waals surface area contributed by atoms with E-state index in [1.165, 1.54) is 0 Å². The SMILES string of the molecule is C=C(C)C(C/C=C(\C)C(=C)C)=NC(C)=NC(=C)C(C)(N)C=O. The van der Waals surface area contributed by atoms with Crippen LogP contribution in [0.25, 0.3) is 0 Å². The Balaban J connectivity index is 5.35. The zero-order valence-electron chi connectivity index (χ0n) is 14.4. The molecule has 0 saturated carbocycles. The molecule has 0 radical (unpaired) electrons. The van der Waals surface area contributed by atoms with Gasteiger partial charge in [0, 0.05) is 12.1 Å². The van der Waals surface area contributed by atoms with Crippen molar-refractivity contribution >= 4 is 17.8 Å². The van der Waals surface area contributed by atoms with Crippen LogP contribution in [0.5, 0.6) is 0 Å². The van der Waals surface area contributed by atoms with Crippen LogP contribution >= 0.6 is 0 Å². The normalized spacial score (nSPS) is 16.0. The fraction of sp³-hybridized carbons (Fsp3) is 0.389. The average Bonchev–Trinajstić information content (AvgIpc) is 2.42. The number of hydrogen-bond donors (Lipinski definition) is 1. The number of carbonyl (C=O) groups is 1. The molecule has 4 nitrogen and oxygen atoms in total. The molecule has 0 aromatic heterocycles. The van der Waals surface area contributed by atoms with Gasteiger partial charge in [-0.15, -0.1) is 0 Å². The summed E-state index contributed by atoms with van der Waals surface area (Å²) >= 11 is 0. The summed E-state index contributed by atoms with van der Waals surface area (Å²) in [5, 5.41) is 0. The first kappa shape index (κ1) is 19.9. The average molecular weight is 301 g/mol. The Labute approximate surface area is 133 Å². The van der Waals surface area contributed by atoms with E-state index in [-0.39, 0.29) is 5.70 Å². The molecule has 2 N–H and O–H groups in total. The molecule has 1 atom stereocenters. The largest absolute Gasteiger partial charge is 0.314 e. The van der Waals surface area contributed by atoms with Gasteiger partial charge < -0.3 is 10.5 Å². The minimum atomic E-state index is -1.18. The van der Waals surface area contributed by atoms with Crippen molar-refractivity contribution in [3.05, 3.63) is 48.2 Å². The van der Waals surface area contributed by atoms with Crippen LogP contribution in [-0.4, -0.2) is 23.4 Å². The van der Waals surface area contributed by atoms with Gasteiger partial charge in [-0.1, -0.05) is 37.0 Å². The first-order valence-corrected chi connectivity index (χ1v) is 7.07. The number of aliphatic imine (C=N–C) groups is 2. The zero-order valence-corrected chi connectivity index (χ0v) is 14.4. The van der Waals surface area contributed by atoms with Crippen molar-refractivity contribution in [1.82, 2.24) is 0 Å². The second-order valence-corrected chi connectivity index (χ2v) is 5.72. The zero-order chi connectivity index (χ0) is 17.5. The minimum absolute atomic E-state index is 0.276. The lowest BCUT2D eigenvalue weighted by Crippen LogP contribution is -2.39. The molecule has 0 aromatic carbocycles. The summed E-state index contributed by atoms with van der Waals surface area (Å²) in [6.07, 6.45) is 3.31. The van der Waals surface area contributed by atoms with Crippen LogP contribution in [0, 0.1) is 0 Å². The van der Waals surface area contributed by atoms with Gasteiger partial charge in [0.05, 0.1) is 5.70 Å². The van der Waals surface area contributed by atoms with Gasteiger partial charge in [0.1, 0.15) is 17.7 Å². The maximum absolute atomic E-state index is 10.9. The molecule has 0 aliphatic rings. The topological polar surface area (TPSA) is 67.8 Å². The van der Waals surface area contributed by atoms with Crippen LogP contribution in [0.2, 0.25) is 0 Å². The fourth-order valence-corrected chi connectivity index (χ4v) is 1.34. The van der Waals surface area contributed by atoms with Crippen LogP contribution in [0.1, 0.15) is 41.0 Å². The van der Waals surface area contributed by atoms with E-state index in [2.05, 4.69) is 35.8 Å². The molecule has 0 amide bonds. The summed E-state index contributed by atoms with van der Waals surface area (Å²) in [5.41, 5.74) is 8.67. The van der Waals surface area contributed by atoms with Crippen molar-refractivity contribution in [2.45, 2.75) is 46.6 Å². The standard InChI is InChI=1S/C18H27N3O/c1-12(2)14(5)9-10-17(13(3)4)21-16(7)20-15(6)18(8,19)11-22/h9,11H,1,3,6,10,19H2,2,4-5,7-8H3/b14-9+,20-16?,21-17?. The van der Waals surface area contributed by atoms with E-state index >= 15 is 0 Å². The third-order valence-corrected chi connectivity index (χ3v) is 3.23. The summed E-state index contributed by atoms with van der Waals surface area (Å²) in [7, 11) is 0. The molecule has 0 aliphatic carbocycles. The summed E-state index contributed by atoms with van der Waals surface area (Å²) in [6.45, 7) is 20.7. The molecular formula is C18H27N3O. The Morgan fingerprint density at radius 3 is 2.05 bits per heavy atom. The summed E-state index contributed by atoms with van der Waals surface area (Å²) in [4.78, 5) is 19.6. The monoisotopic (exact) mass is 301 g/mol. The van der Waals surface area contributed by atoms with Crippen LogP contribution in [0.3, 0.4) is 0 Å². The van der Waals surface area contributed by atoms with Gasteiger partial charge in [0.2, 0.25) is 0 Å². The van der Waals surface area contributed by atoms with Gasteiger partial charge in [-0.3, -0.25) is 0 Å². The lowest BCUT2D eigenvalue weighted by Gasteiger charge is -2.16. The Kier molecular flexibility index (Phi) is 7.60. The van der Waals surface area contributed by atoms with E-state index in [1.807, 2.05) is 20.8 Å². The molecule has 4 heteroatoms. The van der Waals surface area contributed by atoms with Crippen LogP contribution in [0.4, 0.5) is 0 Å². The summed E-state index contributed by atoms with van der Waals surface area (Å²) in [6, 6.07) is 0. The molecule has 0 rings (SSSR count). The van der Waals surface area contributed by atoms with E-state index in [0.717, 1.165) is 22.4 Å². The maximum Gasteiger partial charge on any atom is 0.145 e. The molecule has 22 heavy (non-hydrogen) atoms. The highest BCUT2D eigenvalue weighted by Gasteiger charge is 2.21. The Hall–Kier alpha value is -2.07. The second-order valence-electron chi connectivity index (χ2n) is 5.72. The van der Waals surface area contributed by atoms with E-state index in [1.54, 1.807) is 13.8 Å². The number of hydrogen-bond acceptors (Lipinski definition) is 3. The highest BCUT2D eigenvalue weighted by molar-refractivity contribution is 6.07. The Morgan fingerprint density at radius 1 is 1.09 bits per heavy atom. The van der Waals surface area contributed by atoms with Crippen LogP contribution in [0.15, 0.2) is 58.2 Å². The van der Waals surface area contributed by atoms with Gasteiger partial charge in [0.15, 0.2) is 0 Å². The third-order valence-electron chi connectivity index (χ3n) is 3.23. The molecule has 1 unspecified atom stereocenters. The number of allylic oxidation sites excluding steroid dienone is 4. The molecular weight excluding hydrogens is 274 g/mol. The van der Waals surface area contributed by atoms with Crippen molar-refractivity contribution in [3.63, 3.8) is 0 Å². The predicted octanol–water partition coefficient (Wildman–Crippen LogP) is 3.76. The van der Waals surface area contributed by atoms with E-state index in [4.69, 9.17) is 5.73 Å². The van der Waals surface area contributed by atoms with E-state index in [9.17, 15) is 4.79 Å². The molecule has 0 saturated heterocycles. The molecule has 120 valence electrons. The predicted molar refractivity (Wildman–Crippen MR) is 96.3 cm³/mol. The molecule has 0 spiro atoms. The lowest BCUT2D eigenvalue weighted by atomic mass is 10.0. The Morgan fingerprint density at radius 2 is 1.64 bits per heavy atom. The van der Waals surface area contributed by atoms with Crippen molar-refractivity contribution in [2.24, 2.45) is 15.7 Å². The van der Waals surface area contributed by atoms with Gasteiger partial charge in [-0.25, -0.2) is 9.98 Å². The number of nitrogens with two attached hydrogens (primary N) is 1. The molecule has 0 aromatic rings. The van der Waals surface area contributed by atoms with Crippen LogP contribution in [-0.2, 0) is 4.79 Å². The summed E-state index contributed by atoms with van der Waals surface area (Å²) < 4.78 is 0. The fourth-order valence-electron chi connectivity index (χ4n) is 1.34. The molecule has 0 bridgehead atoms. The second kappa shape index (κ2) is 8.39. The number of aldehydes is 1. The number of amidine groups is 1. The van der Waals surface area contributed by atoms with Crippen molar-refractivity contribution in [3.8, 4) is 0 Å². The molecule has 0 fully saturated rings. The minimum Gasteiger partial charge on any atom is -0.314 e. The van der Waals surface area contributed by atoms with Gasteiger partial charge >= 0.3 is 0 Å². The lowest BCUT2D eigenvalue weighted by molar-refractivity contribution is -0.110. The van der Waals surface area contributed by atoms with Gasteiger partial charge in [0.25, 0.3) is 0 Å². The first-order chi connectivity index (χ1) is 10.0. The Bertz CT molecular complexity index is 575. The smallest absolute Gasteiger partial charge is 0.145 e. The quantitative estimate of drug-likeness (QED) is 0.336. The van der Waals surface area contributed by atoms with Gasteiger partial charge in [-0.05, 0) is 40.2 Å². The van der Waals surface area contributed by atoms with Crippen LogP contribution < -0.4 is 5.73 Å². The van der Waals surface area contributed by atoms with Crippen molar-refractivity contribution in [2.75, 3.05) is 0 Å². The number of rotatable bonds is 7. The maximum atomic E-state index is 10.9. The number of carbonyl (C=O) groups excluding carboxylic acids is 1. The highest BCUT2D eigenvalue weighted by atomic mass is 16.1. The van der Waals surface area contributed by atoms with Crippen molar-refractivity contribution < 1.29 is 4.79 Å². The van der Waals surface area contributed by atoms with Gasteiger partial charge in [-0.2, -0.15) is 0 Å². The first-order valence-electron chi connectivity index (χ1n) is 7.07. The van der Waals surface area contributed by atoms with E-state index < -0.39 is 5.54 Å². The van der Waals surface area contributed by atoms with E-state index in [0.29, 0.717) is 18.5 Å². The van der Waals surface area contributed by atoms with Crippen molar-refractivity contribution in [1.29, 1.82) is 0 Å².